The number of amides is 1. The number of rotatable bonds is 4. The predicted octanol–water partition coefficient (Wildman–Crippen LogP) is 1.88. The maximum atomic E-state index is 12.2. The van der Waals surface area contributed by atoms with E-state index in [1.165, 1.54) is 0 Å². The van der Waals surface area contributed by atoms with Gasteiger partial charge in [-0.15, -0.1) is 24.8 Å². The molecular weight excluding hydrogens is 311 g/mol. The Morgan fingerprint density at radius 3 is 2.57 bits per heavy atom. The molecule has 1 aliphatic rings. The second-order valence-corrected chi connectivity index (χ2v) is 5.43. The Morgan fingerprint density at radius 1 is 1.38 bits per heavy atom. The molecule has 0 unspecified atom stereocenters. The van der Waals surface area contributed by atoms with Crippen LogP contribution in [-0.4, -0.2) is 30.5 Å². The largest absolute Gasteiger partial charge is 0.362 e. The van der Waals surface area contributed by atoms with E-state index < -0.39 is 5.54 Å². The van der Waals surface area contributed by atoms with Gasteiger partial charge in [-0.25, -0.2) is 4.98 Å². The first-order valence-electron chi connectivity index (χ1n) is 6.71. The van der Waals surface area contributed by atoms with Crippen molar-refractivity contribution in [3.63, 3.8) is 0 Å². The van der Waals surface area contributed by atoms with Crippen LogP contribution in [0.25, 0.3) is 0 Å². The molecule has 0 aliphatic heterocycles. The molecule has 7 heteroatoms. The number of anilines is 1. The highest BCUT2D eigenvalue weighted by atomic mass is 35.5. The number of nitrogens with one attached hydrogen (secondary N) is 1. The molecule has 1 amide bonds. The SMILES string of the molecule is CN(C)c1ncccc1CNC(=O)C1(N)CCCC1.Cl.Cl. The molecule has 0 atom stereocenters. The first kappa shape index (κ1) is 20.0. The first-order valence-corrected chi connectivity index (χ1v) is 6.71. The molecule has 21 heavy (non-hydrogen) atoms. The molecule has 0 aromatic carbocycles. The Labute approximate surface area is 138 Å². The summed E-state index contributed by atoms with van der Waals surface area (Å²) in [5, 5.41) is 2.95. The fraction of sp³-hybridized carbons (Fsp3) is 0.571. The van der Waals surface area contributed by atoms with Crippen LogP contribution in [0.2, 0.25) is 0 Å². The fourth-order valence-electron chi connectivity index (χ4n) is 2.56. The van der Waals surface area contributed by atoms with Gasteiger partial charge in [-0.05, 0) is 18.9 Å². The Bertz CT molecular complexity index is 462. The quantitative estimate of drug-likeness (QED) is 0.881. The average Bonchev–Trinajstić information content (AvgIpc) is 2.84. The van der Waals surface area contributed by atoms with Crippen molar-refractivity contribution in [3.8, 4) is 0 Å². The molecule has 1 aromatic heterocycles. The highest BCUT2D eigenvalue weighted by Gasteiger charge is 2.36. The second kappa shape index (κ2) is 8.41. The molecule has 0 radical (unpaired) electrons. The third-order valence-corrected chi connectivity index (χ3v) is 3.68. The zero-order valence-electron chi connectivity index (χ0n) is 12.5. The van der Waals surface area contributed by atoms with Crippen LogP contribution < -0.4 is 16.0 Å². The van der Waals surface area contributed by atoms with Crippen LogP contribution in [0.15, 0.2) is 18.3 Å². The summed E-state index contributed by atoms with van der Waals surface area (Å²) in [7, 11) is 3.88. The van der Waals surface area contributed by atoms with E-state index in [4.69, 9.17) is 5.73 Å². The van der Waals surface area contributed by atoms with Crippen LogP contribution in [0.1, 0.15) is 31.2 Å². The minimum Gasteiger partial charge on any atom is -0.362 e. The first-order chi connectivity index (χ1) is 9.03. The summed E-state index contributed by atoms with van der Waals surface area (Å²) in [4.78, 5) is 18.4. The summed E-state index contributed by atoms with van der Waals surface area (Å²) in [6.07, 6.45) is 5.40. The Morgan fingerprint density at radius 2 is 2.00 bits per heavy atom. The van der Waals surface area contributed by atoms with Gasteiger partial charge in [0.2, 0.25) is 5.91 Å². The number of aromatic nitrogens is 1. The number of carbonyl (C=O) groups is 1. The number of nitrogens with two attached hydrogens (primary N) is 1. The molecule has 2 rings (SSSR count). The topological polar surface area (TPSA) is 71.2 Å². The van der Waals surface area contributed by atoms with Gasteiger partial charge in [0.15, 0.2) is 0 Å². The number of hydrogen-bond donors (Lipinski definition) is 2. The van der Waals surface area contributed by atoms with E-state index in [-0.39, 0.29) is 30.7 Å². The third kappa shape index (κ3) is 4.73. The van der Waals surface area contributed by atoms with Gasteiger partial charge >= 0.3 is 0 Å². The van der Waals surface area contributed by atoms with Gasteiger partial charge < -0.3 is 16.0 Å². The molecule has 1 fully saturated rings. The minimum absolute atomic E-state index is 0. The van der Waals surface area contributed by atoms with E-state index in [2.05, 4.69) is 10.3 Å². The van der Waals surface area contributed by atoms with Gasteiger partial charge in [0.25, 0.3) is 0 Å². The lowest BCUT2D eigenvalue weighted by Gasteiger charge is -2.23. The maximum Gasteiger partial charge on any atom is 0.240 e. The predicted molar refractivity (Wildman–Crippen MR) is 90.3 cm³/mol. The van der Waals surface area contributed by atoms with Crippen molar-refractivity contribution >= 4 is 36.5 Å². The third-order valence-electron chi connectivity index (χ3n) is 3.68. The van der Waals surface area contributed by atoms with Crippen molar-refractivity contribution in [2.45, 2.75) is 37.8 Å². The van der Waals surface area contributed by atoms with E-state index in [0.29, 0.717) is 6.54 Å². The van der Waals surface area contributed by atoms with Crippen LogP contribution in [0, 0.1) is 0 Å². The van der Waals surface area contributed by atoms with E-state index >= 15 is 0 Å². The van der Waals surface area contributed by atoms with Gasteiger partial charge in [0.05, 0.1) is 5.54 Å². The van der Waals surface area contributed by atoms with Crippen LogP contribution in [-0.2, 0) is 11.3 Å². The molecule has 1 aromatic rings. The van der Waals surface area contributed by atoms with Crippen molar-refractivity contribution in [3.05, 3.63) is 23.9 Å². The molecule has 0 bridgehead atoms. The number of carbonyl (C=O) groups excluding carboxylic acids is 1. The zero-order chi connectivity index (χ0) is 13.9. The minimum atomic E-state index is -0.666. The van der Waals surface area contributed by atoms with Crippen molar-refractivity contribution < 1.29 is 4.79 Å². The van der Waals surface area contributed by atoms with Crippen LogP contribution in [0.3, 0.4) is 0 Å². The molecule has 120 valence electrons. The maximum absolute atomic E-state index is 12.2. The van der Waals surface area contributed by atoms with Crippen LogP contribution >= 0.6 is 24.8 Å². The summed E-state index contributed by atoms with van der Waals surface area (Å²) in [5.74, 6) is 0.832. The van der Waals surface area contributed by atoms with E-state index in [0.717, 1.165) is 37.1 Å². The normalized spacial score (nSPS) is 15.6. The van der Waals surface area contributed by atoms with E-state index in [1.807, 2.05) is 31.1 Å². The van der Waals surface area contributed by atoms with Gasteiger partial charge in [0.1, 0.15) is 5.82 Å². The van der Waals surface area contributed by atoms with Crippen molar-refractivity contribution in [1.82, 2.24) is 10.3 Å². The van der Waals surface area contributed by atoms with Crippen molar-refractivity contribution in [2.75, 3.05) is 19.0 Å². The summed E-state index contributed by atoms with van der Waals surface area (Å²) < 4.78 is 0. The molecule has 1 saturated carbocycles. The summed E-state index contributed by atoms with van der Waals surface area (Å²) in [6, 6.07) is 3.85. The Hall–Kier alpha value is -1.04. The summed E-state index contributed by atoms with van der Waals surface area (Å²) in [5.41, 5.74) is 6.46. The summed E-state index contributed by atoms with van der Waals surface area (Å²) in [6.45, 7) is 0.471. The molecule has 0 spiro atoms. The lowest BCUT2D eigenvalue weighted by molar-refractivity contribution is -0.126. The Balaban J connectivity index is 0.00000200. The summed E-state index contributed by atoms with van der Waals surface area (Å²) >= 11 is 0. The highest BCUT2D eigenvalue weighted by molar-refractivity contribution is 5.86. The molecule has 5 nitrogen and oxygen atoms in total. The molecule has 3 N–H and O–H groups in total. The fourth-order valence-corrected chi connectivity index (χ4v) is 2.56. The molecular formula is C14H24Cl2N4O. The standard InChI is InChI=1S/C14H22N4O.2ClH/c1-18(2)12-11(6-5-9-16-12)10-17-13(19)14(15)7-3-4-8-14;;/h5-6,9H,3-4,7-8,10,15H2,1-2H3,(H,17,19);2*1H. The number of hydrogen-bond acceptors (Lipinski definition) is 4. The number of halogens is 2. The number of pyridine rings is 1. The van der Waals surface area contributed by atoms with Crippen LogP contribution in [0.4, 0.5) is 5.82 Å². The van der Waals surface area contributed by atoms with Gasteiger partial charge in [-0.1, -0.05) is 18.9 Å². The Kier molecular flexibility index (Phi) is 8.00. The molecule has 1 heterocycles. The van der Waals surface area contributed by atoms with Gasteiger partial charge in [-0.3, -0.25) is 4.79 Å². The van der Waals surface area contributed by atoms with E-state index in [1.54, 1.807) is 6.20 Å². The second-order valence-electron chi connectivity index (χ2n) is 5.43. The van der Waals surface area contributed by atoms with Crippen molar-refractivity contribution in [2.24, 2.45) is 5.73 Å². The van der Waals surface area contributed by atoms with Crippen LogP contribution in [0.5, 0.6) is 0 Å². The molecule has 0 saturated heterocycles. The van der Waals surface area contributed by atoms with Crippen molar-refractivity contribution in [1.29, 1.82) is 0 Å². The lowest BCUT2D eigenvalue weighted by atomic mass is 9.98. The highest BCUT2D eigenvalue weighted by Crippen LogP contribution is 2.27. The smallest absolute Gasteiger partial charge is 0.240 e. The average molecular weight is 335 g/mol. The van der Waals surface area contributed by atoms with Gasteiger partial charge in [0, 0.05) is 32.4 Å². The lowest BCUT2D eigenvalue weighted by Crippen LogP contribution is -2.51. The molecule has 1 aliphatic carbocycles. The monoisotopic (exact) mass is 334 g/mol. The zero-order valence-corrected chi connectivity index (χ0v) is 14.1. The number of nitrogens with zero attached hydrogens (tertiary/aromatic N) is 2. The van der Waals surface area contributed by atoms with E-state index in [9.17, 15) is 4.79 Å². The van der Waals surface area contributed by atoms with Gasteiger partial charge in [-0.2, -0.15) is 0 Å².